The van der Waals surface area contributed by atoms with Crippen LogP contribution in [0.2, 0.25) is 0 Å². The van der Waals surface area contributed by atoms with Gasteiger partial charge >= 0.3 is 12.0 Å². The molecule has 0 spiro atoms. The fraction of sp³-hybridized carbons (Fsp3) is 0.250. The van der Waals surface area contributed by atoms with Crippen LogP contribution in [0.4, 0.5) is 4.79 Å². The van der Waals surface area contributed by atoms with E-state index in [2.05, 4.69) is 11.4 Å². The number of carboxylic acids is 1. The van der Waals surface area contributed by atoms with E-state index >= 15 is 0 Å². The summed E-state index contributed by atoms with van der Waals surface area (Å²) in [5.74, 6) is -0.980. The smallest absolute Gasteiger partial charge is 0.335 e. The van der Waals surface area contributed by atoms with Gasteiger partial charge in [0.25, 0.3) is 0 Å². The van der Waals surface area contributed by atoms with Crippen LogP contribution in [0.25, 0.3) is 0 Å². The molecule has 2 aromatic carbocycles. The Hall–Kier alpha value is -3.37. The molecule has 0 fully saturated rings. The molecular weight excluding hydrogens is 346 g/mol. The molecule has 0 bridgehead atoms. The summed E-state index contributed by atoms with van der Waals surface area (Å²) >= 11 is 0. The van der Waals surface area contributed by atoms with Crippen LogP contribution < -0.4 is 5.32 Å². The predicted octanol–water partition coefficient (Wildman–Crippen LogP) is 2.61. The third-order valence-electron chi connectivity index (χ3n) is 3.91. The molecule has 0 saturated carbocycles. The van der Waals surface area contributed by atoms with E-state index < -0.39 is 5.97 Å². The Bertz CT molecular complexity index is 811. The van der Waals surface area contributed by atoms with Gasteiger partial charge in [-0.3, -0.25) is 0 Å². The first-order valence-electron chi connectivity index (χ1n) is 8.37. The molecule has 0 heterocycles. The molecule has 140 valence electrons. The van der Waals surface area contributed by atoms with Crippen LogP contribution >= 0.6 is 0 Å². The van der Waals surface area contributed by atoms with E-state index in [9.17, 15) is 9.59 Å². The van der Waals surface area contributed by atoms with Crippen molar-refractivity contribution in [2.45, 2.75) is 13.2 Å². The summed E-state index contributed by atoms with van der Waals surface area (Å²) in [6.45, 7) is 1.55. The first kappa shape index (κ1) is 19.9. The number of nitrogens with zero attached hydrogens (tertiary/aromatic N) is 2. The maximum absolute atomic E-state index is 12.1. The minimum absolute atomic E-state index is 0.210. The highest BCUT2D eigenvalue weighted by atomic mass is 16.5. The number of benzene rings is 2. The van der Waals surface area contributed by atoms with Crippen molar-refractivity contribution in [1.82, 2.24) is 10.2 Å². The number of aromatic carboxylic acids is 1. The largest absolute Gasteiger partial charge is 0.478 e. The molecular formula is C20H21N3O4. The minimum Gasteiger partial charge on any atom is -0.478 e. The molecule has 0 radical (unpaired) electrons. The molecule has 0 saturated heterocycles. The van der Waals surface area contributed by atoms with Crippen LogP contribution in [0.15, 0.2) is 48.5 Å². The fourth-order valence-corrected chi connectivity index (χ4v) is 2.25. The second-order valence-corrected chi connectivity index (χ2v) is 5.94. The Morgan fingerprint density at radius 2 is 1.74 bits per heavy atom. The van der Waals surface area contributed by atoms with Gasteiger partial charge in [0.2, 0.25) is 0 Å². The van der Waals surface area contributed by atoms with Crippen LogP contribution in [-0.2, 0) is 17.9 Å². The highest BCUT2D eigenvalue weighted by Gasteiger charge is 2.08. The average Bonchev–Trinajstić information content (AvgIpc) is 2.69. The first-order chi connectivity index (χ1) is 13.0. The number of rotatable bonds is 8. The van der Waals surface area contributed by atoms with Gasteiger partial charge in [-0.1, -0.05) is 24.3 Å². The van der Waals surface area contributed by atoms with Crippen molar-refractivity contribution >= 4 is 12.0 Å². The summed E-state index contributed by atoms with van der Waals surface area (Å²) in [5.41, 5.74) is 2.60. The molecule has 27 heavy (non-hydrogen) atoms. The molecule has 2 rings (SSSR count). The van der Waals surface area contributed by atoms with E-state index in [1.54, 1.807) is 31.3 Å². The molecule has 2 aromatic rings. The summed E-state index contributed by atoms with van der Waals surface area (Å²) in [6.07, 6.45) is 0. The zero-order valence-electron chi connectivity index (χ0n) is 15.0. The van der Waals surface area contributed by atoms with Crippen molar-refractivity contribution in [2.75, 3.05) is 20.2 Å². The molecule has 0 aromatic heterocycles. The van der Waals surface area contributed by atoms with Gasteiger partial charge in [0.05, 0.1) is 30.4 Å². The van der Waals surface area contributed by atoms with Crippen LogP contribution in [0.1, 0.15) is 27.0 Å². The number of hydrogen-bond donors (Lipinski definition) is 2. The highest BCUT2D eigenvalue weighted by molar-refractivity contribution is 5.87. The van der Waals surface area contributed by atoms with Gasteiger partial charge in [-0.05, 0) is 35.4 Å². The van der Waals surface area contributed by atoms with Crippen LogP contribution in [0.3, 0.4) is 0 Å². The number of nitriles is 1. The van der Waals surface area contributed by atoms with Crippen LogP contribution in [0, 0.1) is 11.3 Å². The number of urea groups is 1. The fourth-order valence-electron chi connectivity index (χ4n) is 2.25. The lowest BCUT2D eigenvalue weighted by Gasteiger charge is -2.18. The van der Waals surface area contributed by atoms with Crippen molar-refractivity contribution < 1.29 is 19.4 Å². The highest BCUT2D eigenvalue weighted by Crippen LogP contribution is 2.06. The number of carboxylic acid groups (broad SMARTS) is 1. The number of nitrogens with one attached hydrogen (secondary N) is 1. The van der Waals surface area contributed by atoms with Crippen molar-refractivity contribution in [3.8, 4) is 6.07 Å². The van der Waals surface area contributed by atoms with Gasteiger partial charge in [-0.25, -0.2) is 9.59 Å². The summed E-state index contributed by atoms with van der Waals surface area (Å²) in [7, 11) is 1.67. The third kappa shape index (κ3) is 6.45. The molecule has 0 aliphatic heterocycles. The summed E-state index contributed by atoms with van der Waals surface area (Å²) in [6, 6.07) is 15.3. The number of ether oxygens (including phenoxy) is 1. The summed E-state index contributed by atoms with van der Waals surface area (Å²) in [5, 5.41) is 20.4. The Labute approximate surface area is 157 Å². The number of likely N-dealkylation sites (N-methyl/N-ethyl adjacent to an activating group) is 1. The zero-order valence-corrected chi connectivity index (χ0v) is 15.0. The molecule has 7 heteroatoms. The number of hydrogen-bond acceptors (Lipinski definition) is 4. The van der Waals surface area contributed by atoms with Crippen molar-refractivity contribution in [3.63, 3.8) is 0 Å². The van der Waals surface area contributed by atoms with E-state index in [1.165, 1.54) is 17.0 Å². The SMILES string of the molecule is CN(CCOCc1ccc(C#N)cc1)C(=O)NCc1ccc(C(=O)O)cc1. The van der Waals surface area contributed by atoms with E-state index in [0.29, 0.717) is 31.9 Å². The third-order valence-corrected chi connectivity index (χ3v) is 3.91. The topological polar surface area (TPSA) is 103 Å². The van der Waals surface area contributed by atoms with E-state index in [4.69, 9.17) is 15.1 Å². The van der Waals surface area contributed by atoms with Gasteiger partial charge in [0.15, 0.2) is 0 Å². The monoisotopic (exact) mass is 367 g/mol. The van der Waals surface area contributed by atoms with Crippen molar-refractivity contribution in [3.05, 3.63) is 70.8 Å². The number of carbonyl (C=O) groups is 2. The molecule has 7 nitrogen and oxygen atoms in total. The molecule has 0 aliphatic carbocycles. The first-order valence-corrected chi connectivity index (χ1v) is 8.37. The van der Waals surface area contributed by atoms with E-state index in [1.807, 2.05) is 12.1 Å². The Balaban J connectivity index is 1.67. The summed E-state index contributed by atoms with van der Waals surface area (Å²) < 4.78 is 5.55. The summed E-state index contributed by atoms with van der Waals surface area (Å²) in [4.78, 5) is 24.4. The zero-order chi connectivity index (χ0) is 19.6. The normalized spacial score (nSPS) is 10.1. The maximum Gasteiger partial charge on any atom is 0.335 e. The molecule has 0 unspecified atom stereocenters. The average molecular weight is 367 g/mol. The van der Waals surface area contributed by atoms with Crippen molar-refractivity contribution in [2.24, 2.45) is 0 Å². The minimum atomic E-state index is -0.980. The Kier molecular flexibility index (Phi) is 7.35. The van der Waals surface area contributed by atoms with Crippen LogP contribution in [-0.4, -0.2) is 42.2 Å². The van der Waals surface area contributed by atoms with Gasteiger partial charge in [-0.2, -0.15) is 5.26 Å². The molecule has 0 atom stereocenters. The second-order valence-electron chi connectivity index (χ2n) is 5.94. The van der Waals surface area contributed by atoms with E-state index in [0.717, 1.165) is 11.1 Å². The standard InChI is InChI=1S/C20H21N3O4/c1-23(10-11-27-14-17-4-2-15(12-21)3-5-17)20(26)22-13-16-6-8-18(9-7-16)19(24)25/h2-9H,10-11,13-14H2,1H3,(H,22,26)(H,24,25). The lowest BCUT2D eigenvalue weighted by atomic mass is 10.1. The van der Waals surface area contributed by atoms with E-state index in [-0.39, 0.29) is 11.6 Å². The Morgan fingerprint density at radius 1 is 1.11 bits per heavy atom. The number of amides is 2. The van der Waals surface area contributed by atoms with Gasteiger partial charge in [0, 0.05) is 20.1 Å². The second kappa shape index (κ2) is 9.94. The van der Waals surface area contributed by atoms with Gasteiger partial charge in [-0.15, -0.1) is 0 Å². The molecule has 2 amide bonds. The number of carbonyl (C=O) groups excluding carboxylic acids is 1. The quantitative estimate of drug-likeness (QED) is 0.698. The van der Waals surface area contributed by atoms with Crippen molar-refractivity contribution in [1.29, 1.82) is 5.26 Å². The van der Waals surface area contributed by atoms with Crippen LogP contribution in [0.5, 0.6) is 0 Å². The predicted molar refractivity (Wildman–Crippen MR) is 99.1 cm³/mol. The lowest BCUT2D eigenvalue weighted by molar-refractivity contribution is 0.0697. The van der Waals surface area contributed by atoms with Gasteiger partial charge in [0.1, 0.15) is 0 Å². The molecule has 2 N–H and O–H groups in total. The maximum atomic E-state index is 12.1. The Morgan fingerprint density at radius 3 is 2.33 bits per heavy atom. The lowest BCUT2D eigenvalue weighted by Crippen LogP contribution is -2.38. The van der Waals surface area contributed by atoms with Gasteiger partial charge < -0.3 is 20.1 Å². The molecule has 0 aliphatic rings.